The number of hydrogen-bond donors (Lipinski definition) is 0. The summed E-state index contributed by atoms with van der Waals surface area (Å²) in [4.78, 5) is 23.5. The summed E-state index contributed by atoms with van der Waals surface area (Å²) in [5, 5.41) is 1.82. The fraction of sp³-hybridized carbons (Fsp3) is 0.389. The molecule has 0 radical (unpaired) electrons. The van der Waals surface area contributed by atoms with Crippen LogP contribution in [0, 0.1) is 12.8 Å². The Hall–Kier alpha value is -1.66. The zero-order valence-corrected chi connectivity index (χ0v) is 16.2. The van der Waals surface area contributed by atoms with Crippen molar-refractivity contribution in [2.75, 3.05) is 23.5 Å². The number of aromatic nitrogens is 2. The van der Waals surface area contributed by atoms with E-state index in [1.165, 1.54) is 0 Å². The van der Waals surface area contributed by atoms with Gasteiger partial charge in [0, 0.05) is 36.2 Å². The molecule has 6 heteroatoms. The van der Waals surface area contributed by atoms with Gasteiger partial charge in [0.15, 0.2) is 0 Å². The van der Waals surface area contributed by atoms with Crippen LogP contribution in [0.1, 0.15) is 19.5 Å². The number of allylic oxidation sites excluding steroid dienone is 1. The maximum atomic E-state index is 12.9. The Kier molecular flexibility index (Phi) is 6.99. The van der Waals surface area contributed by atoms with Gasteiger partial charge in [-0.05, 0) is 32.2 Å². The number of pyridine rings is 1. The molecule has 128 valence electrons. The van der Waals surface area contributed by atoms with Gasteiger partial charge >= 0.3 is 0 Å². The van der Waals surface area contributed by atoms with Crippen molar-refractivity contribution in [1.29, 1.82) is 0 Å². The fourth-order valence-electron chi connectivity index (χ4n) is 2.32. The van der Waals surface area contributed by atoms with Crippen molar-refractivity contribution in [3.8, 4) is 10.6 Å². The molecule has 0 saturated carbocycles. The van der Waals surface area contributed by atoms with Crippen molar-refractivity contribution in [2.45, 2.75) is 20.8 Å². The molecular formula is C18H23N3OS2. The van der Waals surface area contributed by atoms with E-state index in [1.54, 1.807) is 35.5 Å². The van der Waals surface area contributed by atoms with Crippen molar-refractivity contribution in [2.24, 2.45) is 5.92 Å². The summed E-state index contributed by atoms with van der Waals surface area (Å²) in [7, 11) is 0. The highest BCUT2D eigenvalue weighted by molar-refractivity contribution is 7.98. The second-order valence-corrected chi connectivity index (χ2v) is 7.41. The van der Waals surface area contributed by atoms with E-state index in [-0.39, 0.29) is 11.8 Å². The molecule has 0 aliphatic rings. The fourth-order valence-corrected chi connectivity index (χ4v) is 4.04. The molecule has 4 nitrogen and oxygen atoms in total. The minimum Gasteiger partial charge on any atom is -0.298 e. The second-order valence-electron chi connectivity index (χ2n) is 5.53. The Morgan fingerprint density at radius 1 is 1.50 bits per heavy atom. The zero-order chi connectivity index (χ0) is 17.5. The number of rotatable bonds is 7. The highest BCUT2D eigenvalue weighted by Crippen LogP contribution is 2.35. The van der Waals surface area contributed by atoms with Crippen LogP contribution in [0.2, 0.25) is 0 Å². The van der Waals surface area contributed by atoms with Gasteiger partial charge in [0.25, 0.3) is 0 Å². The topological polar surface area (TPSA) is 46.1 Å². The molecule has 2 aromatic heterocycles. The maximum Gasteiger partial charge on any atom is 0.231 e. The molecule has 0 fully saturated rings. The third-order valence-electron chi connectivity index (χ3n) is 3.55. The zero-order valence-electron chi connectivity index (χ0n) is 14.5. The van der Waals surface area contributed by atoms with Crippen LogP contribution >= 0.6 is 23.1 Å². The predicted octanol–water partition coefficient (Wildman–Crippen LogP) is 4.42. The van der Waals surface area contributed by atoms with Crippen molar-refractivity contribution in [1.82, 2.24) is 9.97 Å². The summed E-state index contributed by atoms with van der Waals surface area (Å²) < 4.78 is 0. The molecule has 0 aliphatic carbocycles. The van der Waals surface area contributed by atoms with Gasteiger partial charge in [-0.25, -0.2) is 4.98 Å². The lowest BCUT2D eigenvalue weighted by Crippen LogP contribution is -2.36. The molecule has 24 heavy (non-hydrogen) atoms. The van der Waals surface area contributed by atoms with E-state index >= 15 is 0 Å². The van der Waals surface area contributed by atoms with Crippen molar-refractivity contribution >= 4 is 34.0 Å². The number of anilines is 1. The molecule has 2 aromatic rings. The van der Waals surface area contributed by atoms with E-state index in [4.69, 9.17) is 0 Å². The summed E-state index contributed by atoms with van der Waals surface area (Å²) in [5.41, 5.74) is 1.86. The number of nitrogens with zero attached hydrogens (tertiary/aromatic N) is 3. The molecular weight excluding hydrogens is 338 g/mol. The lowest BCUT2D eigenvalue weighted by molar-refractivity contribution is -0.121. The van der Waals surface area contributed by atoms with Crippen LogP contribution in [-0.2, 0) is 4.79 Å². The Balaban J connectivity index is 2.36. The number of thiazole rings is 1. The van der Waals surface area contributed by atoms with Crippen LogP contribution in [0.5, 0.6) is 0 Å². The number of carbonyl (C=O) groups excluding carboxylic acids is 1. The Labute approximate surface area is 152 Å². The summed E-state index contributed by atoms with van der Waals surface area (Å²) in [5.74, 6) is 0.943. The van der Waals surface area contributed by atoms with Gasteiger partial charge in [-0.1, -0.05) is 30.4 Å². The Morgan fingerprint density at radius 2 is 2.29 bits per heavy atom. The first kappa shape index (κ1) is 18.7. The normalized spacial score (nSPS) is 12.5. The lowest BCUT2D eigenvalue weighted by atomic mass is 10.2. The Bertz CT molecular complexity index is 698. The molecule has 0 bridgehead atoms. The average molecular weight is 362 g/mol. The van der Waals surface area contributed by atoms with Crippen LogP contribution in [0.4, 0.5) is 5.00 Å². The number of hydrogen-bond acceptors (Lipinski definition) is 5. The van der Waals surface area contributed by atoms with E-state index in [9.17, 15) is 4.79 Å². The SMILES string of the molecule is CC=CCN(C(=O)C(C)CSC)c1sc(-c2cccnc2)nc1C. The minimum atomic E-state index is -0.0198. The smallest absolute Gasteiger partial charge is 0.231 e. The van der Waals surface area contributed by atoms with Crippen LogP contribution in [0.15, 0.2) is 36.7 Å². The standard InChI is InChI=1S/C18H23N3OS2/c1-5-6-10-21(17(22)13(2)12-23-4)18-14(3)20-16(24-18)15-8-7-9-19-11-15/h5-9,11,13H,10,12H2,1-4H3. The largest absolute Gasteiger partial charge is 0.298 e. The van der Waals surface area contributed by atoms with Crippen molar-refractivity contribution in [3.05, 3.63) is 42.4 Å². The third-order valence-corrected chi connectivity index (χ3v) is 5.62. The molecule has 2 heterocycles. The quantitative estimate of drug-likeness (QED) is 0.685. The molecule has 0 spiro atoms. The van der Waals surface area contributed by atoms with Gasteiger partial charge in [-0.15, -0.1) is 0 Å². The molecule has 0 aliphatic heterocycles. The lowest BCUT2D eigenvalue weighted by Gasteiger charge is -2.23. The molecule has 0 aromatic carbocycles. The first-order valence-electron chi connectivity index (χ1n) is 7.87. The number of aryl methyl sites for hydroxylation is 1. The number of amides is 1. The Morgan fingerprint density at radius 3 is 2.92 bits per heavy atom. The molecule has 1 unspecified atom stereocenters. The van der Waals surface area contributed by atoms with Crippen LogP contribution < -0.4 is 4.90 Å². The molecule has 0 N–H and O–H groups in total. The van der Waals surface area contributed by atoms with E-state index in [0.717, 1.165) is 27.0 Å². The van der Waals surface area contributed by atoms with Gasteiger partial charge in [0.1, 0.15) is 10.0 Å². The van der Waals surface area contributed by atoms with Crippen LogP contribution in [-0.4, -0.2) is 34.4 Å². The van der Waals surface area contributed by atoms with E-state index < -0.39 is 0 Å². The van der Waals surface area contributed by atoms with Crippen molar-refractivity contribution < 1.29 is 4.79 Å². The van der Waals surface area contributed by atoms with Crippen molar-refractivity contribution in [3.63, 3.8) is 0 Å². The monoisotopic (exact) mass is 361 g/mol. The molecule has 1 atom stereocenters. The average Bonchev–Trinajstić information content (AvgIpc) is 2.98. The number of carbonyl (C=O) groups is 1. The highest BCUT2D eigenvalue weighted by atomic mass is 32.2. The van der Waals surface area contributed by atoms with E-state index in [2.05, 4.69) is 9.97 Å². The highest BCUT2D eigenvalue weighted by Gasteiger charge is 2.24. The van der Waals surface area contributed by atoms with Crippen LogP contribution in [0.25, 0.3) is 10.6 Å². The van der Waals surface area contributed by atoms with E-state index in [1.807, 2.05) is 56.2 Å². The third kappa shape index (κ3) is 4.45. The first-order valence-corrected chi connectivity index (χ1v) is 10.1. The second kappa shape index (κ2) is 8.99. The molecule has 1 amide bonds. The molecule has 0 saturated heterocycles. The maximum absolute atomic E-state index is 12.9. The molecule has 2 rings (SSSR count). The van der Waals surface area contributed by atoms with Gasteiger partial charge in [0.05, 0.1) is 5.69 Å². The number of thioether (sulfide) groups is 1. The summed E-state index contributed by atoms with van der Waals surface area (Å²) >= 11 is 3.24. The first-order chi connectivity index (χ1) is 11.6. The summed E-state index contributed by atoms with van der Waals surface area (Å²) in [6.07, 6.45) is 9.55. The van der Waals surface area contributed by atoms with Gasteiger partial charge < -0.3 is 0 Å². The minimum absolute atomic E-state index is 0.0198. The van der Waals surface area contributed by atoms with Crippen LogP contribution in [0.3, 0.4) is 0 Å². The predicted molar refractivity (Wildman–Crippen MR) is 105 cm³/mol. The van der Waals surface area contributed by atoms with E-state index in [0.29, 0.717) is 6.54 Å². The van der Waals surface area contributed by atoms with Gasteiger partial charge in [0.2, 0.25) is 5.91 Å². The van der Waals surface area contributed by atoms with Gasteiger partial charge in [-0.3, -0.25) is 14.7 Å². The van der Waals surface area contributed by atoms with Gasteiger partial charge in [-0.2, -0.15) is 11.8 Å². The summed E-state index contributed by atoms with van der Waals surface area (Å²) in [6, 6.07) is 3.89. The summed E-state index contributed by atoms with van der Waals surface area (Å²) in [6.45, 7) is 6.49.